The lowest BCUT2D eigenvalue weighted by Gasteiger charge is -2.11. The van der Waals surface area contributed by atoms with Crippen LogP contribution >= 0.6 is 0 Å². The van der Waals surface area contributed by atoms with Gasteiger partial charge in [-0.2, -0.15) is 5.01 Å². The second-order valence-corrected chi connectivity index (χ2v) is 8.13. The maximum atomic E-state index is 11.7. The van der Waals surface area contributed by atoms with Gasteiger partial charge in [0.15, 0.2) is 0 Å². The number of nitrogens with two attached hydrogens (primary N) is 1. The number of hydrazine groups is 1. The van der Waals surface area contributed by atoms with Crippen molar-refractivity contribution in [2.75, 3.05) is 36.9 Å². The zero-order chi connectivity index (χ0) is 32.5. The van der Waals surface area contributed by atoms with E-state index < -0.39 is 0 Å². The van der Waals surface area contributed by atoms with Crippen molar-refractivity contribution in [3.05, 3.63) is 72.0 Å². The van der Waals surface area contributed by atoms with E-state index in [-0.39, 0.29) is 44.5 Å². The summed E-state index contributed by atoms with van der Waals surface area (Å²) in [5.41, 5.74) is 5.68. The first-order chi connectivity index (χ1) is 20.7. The number of nitrogens with one attached hydrogen (secondary N) is 1. The van der Waals surface area contributed by atoms with Gasteiger partial charge in [0.25, 0.3) is 5.91 Å². The lowest BCUT2D eigenvalue weighted by atomic mass is 10.2. The summed E-state index contributed by atoms with van der Waals surface area (Å²) in [4.78, 5) is 30.5. The average Bonchev–Trinajstić information content (AvgIpc) is 3.35. The third-order valence-corrected chi connectivity index (χ3v) is 4.82. The van der Waals surface area contributed by atoms with Crippen LogP contribution in [0.4, 0.5) is 11.4 Å². The summed E-state index contributed by atoms with van der Waals surface area (Å²) >= 11 is 0. The van der Waals surface area contributed by atoms with Crippen molar-refractivity contribution in [3.63, 3.8) is 0 Å². The van der Waals surface area contributed by atoms with Gasteiger partial charge in [-0.05, 0) is 63.1 Å². The highest BCUT2D eigenvalue weighted by atomic mass is 17.1. The van der Waals surface area contributed by atoms with Crippen LogP contribution in [0.3, 0.4) is 0 Å². The second kappa shape index (κ2) is 24.5. The van der Waals surface area contributed by atoms with Crippen LogP contribution in [0, 0.1) is 0 Å². The van der Waals surface area contributed by atoms with Crippen LogP contribution in [0.2, 0.25) is 0 Å². The Bertz CT molecular complexity index is 1060. The van der Waals surface area contributed by atoms with Crippen molar-refractivity contribution in [1.29, 1.82) is 0 Å². The normalized spacial score (nSPS) is 11.4. The van der Waals surface area contributed by atoms with Crippen molar-refractivity contribution in [3.8, 4) is 0 Å². The van der Waals surface area contributed by atoms with Crippen LogP contribution in [0.1, 0.15) is 51.7 Å². The number of benzene rings is 2. The topological polar surface area (TPSA) is 195 Å². The minimum atomic E-state index is -0.286. The maximum Gasteiger partial charge on any atom is 0.313 e. The number of aliphatic hydroxyl groups excluding tert-OH is 1. The molecule has 0 fully saturated rings. The van der Waals surface area contributed by atoms with Crippen LogP contribution in [0.25, 0.3) is 0 Å². The number of hydrazone groups is 1. The number of carbonyl (C=O) groups excluding carboxylic acids is 2. The fraction of sp³-hybridized carbons (Fsp3) is 0.414. The first kappa shape index (κ1) is 39.0. The summed E-state index contributed by atoms with van der Waals surface area (Å²) in [6.45, 7) is 12.7. The average molecular weight is 609 g/mol. The number of rotatable bonds is 12. The zero-order valence-corrected chi connectivity index (χ0v) is 25.2. The molecule has 0 saturated heterocycles. The predicted molar refractivity (Wildman–Crippen MR) is 161 cm³/mol. The van der Waals surface area contributed by atoms with Gasteiger partial charge in [0.05, 0.1) is 31.3 Å². The van der Waals surface area contributed by atoms with E-state index in [1.54, 1.807) is 50.2 Å². The number of carbonyl (C=O) groups is 2. The molecule has 0 bridgehead atoms. The molecule has 3 rings (SSSR count). The molecule has 0 aromatic heterocycles. The highest BCUT2D eigenvalue weighted by Gasteiger charge is 2.26. The molecule has 0 aliphatic carbocycles. The number of hydrogen-bond acceptors (Lipinski definition) is 13. The summed E-state index contributed by atoms with van der Waals surface area (Å²) in [5, 5.41) is 29.4. The van der Waals surface area contributed by atoms with E-state index in [1.807, 2.05) is 26.0 Å². The number of ether oxygens (including phenoxy) is 3. The molecule has 1 amide bonds. The number of hydrogen-bond donors (Lipinski definition) is 5. The Kier molecular flexibility index (Phi) is 22.2. The molecule has 2 aromatic rings. The van der Waals surface area contributed by atoms with Crippen molar-refractivity contribution in [2.24, 2.45) is 10.9 Å². The van der Waals surface area contributed by atoms with Crippen LogP contribution in [-0.4, -0.2) is 59.8 Å². The third-order valence-electron chi connectivity index (χ3n) is 4.82. The summed E-state index contributed by atoms with van der Waals surface area (Å²) < 4.78 is 14.9. The molecule has 0 unspecified atom stereocenters. The minimum Gasteiger partial charge on any atom is -0.498 e. The zero-order valence-electron chi connectivity index (χ0n) is 25.2. The van der Waals surface area contributed by atoms with Gasteiger partial charge in [0.1, 0.15) is 26.1 Å². The van der Waals surface area contributed by atoms with Gasteiger partial charge in [0.2, 0.25) is 5.90 Å². The predicted octanol–water partition coefficient (Wildman–Crippen LogP) is 4.21. The first-order valence-corrected chi connectivity index (χ1v) is 13.5. The highest BCUT2D eigenvalue weighted by Crippen LogP contribution is 2.21. The summed E-state index contributed by atoms with van der Waals surface area (Å²) in [5.74, 6) is 5.64. The van der Waals surface area contributed by atoms with Crippen LogP contribution in [0.5, 0.6) is 0 Å². The molecule has 240 valence electrons. The van der Waals surface area contributed by atoms with Crippen LogP contribution in [0.15, 0.2) is 66.0 Å². The SMILES string of the molecule is C=C(CC(=O)OCC)OCC.CCO.CCOC1=NN(c2ccc(COO)cc2)C(=O)C1.NNc1ccc(COO)cc1. The van der Waals surface area contributed by atoms with Crippen LogP contribution in [-0.2, 0) is 46.8 Å². The van der Waals surface area contributed by atoms with E-state index in [0.29, 0.717) is 37.2 Å². The molecule has 0 radical (unpaired) electrons. The Hall–Kier alpha value is -4.05. The van der Waals surface area contributed by atoms with E-state index in [0.717, 1.165) is 16.8 Å². The maximum absolute atomic E-state index is 11.7. The lowest BCUT2D eigenvalue weighted by molar-refractivity contribution is -0.253. The number of nitrogen functional groups attached to an aromatic ring is 1. The van der Waals surface area contributed by atoms with Gasteiger partial charge in [0, 0.05) is 12.3 Å². The highest BCUT2D eigenvalue weighted by molar-refractivity contribution is 6.10. The lowest BCUT2D eigenvalue weighted by Crippen LogP contribution is -2.19. The molecule has 0 spiro atoms. The van der Waals surface area contributed by atoms with E-state index >= 15 is 0 Å². The second-order valence-electron chi connectivity index (χ2n) is 8.13. The molecule has 1 aliphatic rings. The van der Waals surface area contributed by atoms with Gasteiger partial charge in [-0.3, -0.25) is 25.9 Å². The molecular weight excluding hydrogens is 564 g/mol. The van der Waals surface area contributed by atoms with Crippen molar-refractivity contribution < 1.29 is 49.2 Å². The number of aliphatic hydroxyl groups is 1. The molecule has 2 aromatic carbocycles. The van der Waals surface area contributed by atoms with E-state index in [9.17, 15) is 9.59 Å². The molecule has 1 aliphatic heterocycles. The molecule has 43 heavy (non-hydrogen) atoms. The Balaban J connectivity index is 0.000000616. The Labute approximate surface area is 252 Å². The number of amides is 1. The molecular formula is C29H44N4O10. The van der Waals surface area contributed by atoms with Crippen LogP contribution < -0.4 is 16.3 Å². The molecule has 6 N–H and O–H groups in total. The summed E-state index contributed by atoms with van der Waals surface area (Å²) in [6, 6.07) is 14.2. The smallest absolute Gasteiger partial charge is 0.313 e. The Morgan fingerprint density at radius 1 is 0.930 bits per heavy atom. The largest absolute Gasteiger partial charge is 0.498 e. The van der Waals surface area contributed by atoms with E-state index in [2.05, 4.69) is 31.6 Å². The third kappa shape index (κ3) is 17.5. The quantitative estimate of drug-likeness (QED) is 0.0758. The van der Waals surface area contributed by atoms with Gasteiger partial charge in [-0.1, -0.05) is 30.8 Å². The van der Waals surface area contributed by atoms with Crippen molar-refractivity contribution >= 4 is 29.1 Å². The van der Waals surface area contributed by atoms with Gasteiger partial charge in [-0.15, -0.1) is 5.10 Å². The fourth-order valence-electron chi connectivity index (χ4n) is 3.06. The number of esters is 1. The van der Waals surface area contributed by atoms with Crippen molar-refractivity contribution in [2.45, 2.75) is 53.8 Å². The molecule has 0 saturated carbocycles. The molecule has 0 atom stereocenters. The summed E-state index contributed by atoms with van der Waals surface area (Å²) in [6.07, 6.45) is 0.344. The van der Waals surface area contributed by atoms with Gasteiger partial charge >= 0.3 is 5.97 Å². The minimum absolute atomic E-state index is 0.113. The first-order valence-electron chi connectivity index (χ1n) is 13.5. The van der Waals surface area contributed by atoms with E-state index in [1.165, 1.54) is 5.01 Å². The number of anilines is 2. The summed E-state index contributed by atoms with van der Waals surface area (Å²) in [7, 11) is 0. The fourth-order valence-corrected chi connectivity index (χ4v) is 3.06. The molecule has 14 heteroatoms. The monoisotopic (exact) mass is 608 g/mol. The Morgan fingerprint density at radius 3 is 1.88 bits per heavy atom. The van der Waals surface area contributed by atoms with Gasteiger partial charge < -0.3 is 24.7 Å². The Morgan fingerprint density at radius 2 is 1.44 bits per heavy atom. The molecule has 1 heterocycles. The van der Waals surface area contributed by atoms with Gasteiger partial charge in [-0.25, -0.2) is 9.78 Å². The number of nitrogens with zero attached hydrogens (tertiary/aromatic N) is 2. The molecule has 14 nitrogen and oxygen atoms in total. The van der Waals surface area contributed by atoms with Crippen molar-refractivity contribution in [1.82, 2.24) is 0 Å². The standard InChI is InChI=1S/C12H14N2O4.C8H14O3.C7H10N2O2.C2H6O/c1-2-17-11-7-12(15)14(13-11)10-5-3-9(4-6-10)8-18-16;1-4-10-7(3)6-8(9)11-5-2;8-9-7-3-1-6(2-4-7)5-11-10;1-2-3/h3-6,16H,2,7-8H2,1H3;3-6H2,1-2H3;1-4,9-10H,5,8H2;3H,2H2,1H3. The van der Waals surface area contributed by atoms with E-state index in [4.69, 9.17) is 30.9 Å².